The summed E-state index contributed by atoms with van der Waals surface area (Å²) >= 11 is 0. The highest BCUT2D eigenvalue weighted by atomic mass is 16.3. The number of aliphatic hydroxyl groups excluding tert-OH is 1. The van der Waals surface area contributed by atoms with Gasteiger partial charge in [-0.3, -0.25) is 0 Å². The van der Waals surface area contributed by atoms with Crippen molar-refractivity contribution in [1.82, 2.24) is 4.98 Å². The van der Waals surface area contributed by atoms with E-state index in [1.165, 1.54) is 0 Å². The standard InChI is InChI=1S/C15H25N5O2/c1-9-5-12(15(22)19-10(2)16)14(18-6-9)20-4-3-13(17)11(7-20)8-21/h5-6,10-11,13,21H,3-4,7-8,16-17H2,1-2H3,(H,19,22)/p+1. The number of nitrogens with two attached hydrogens (primary N) is 2. The van der Waals surface area contributed by atoms with E-state index in [9.17, 15) is 5.11 Å². The smallest absolute Gasteiger partial charge is 0.365 e. The zero-order chi connectivity index (χ0) is 16.3. The summed E-state index contributed by atoms with van der Waals surface area (Å²) in [6.07, 6.45) is 2.14. The number of nitrogens with zero attached hydrogens (tertiary/aromatic N) is 3. The van der Waals surface area contributed by atoms with Gasteiger partial charge < -0.3 is 26.6 Å². The number of aromatic nitrogens is 1. The van der Waals surface area contributed by atoms with E-state index in [-0.39, 0.29) is 24.5 Å². The molecule has 2 rings (SSSR count). The third kappa shape index (κ3) is 3.73. The summed E-state index contributed by atoms with van der Waals surface area (Å²) in [6, 6.07) is 1.90. The lowest BCUT2D eigenvalue weighted by molar-refractivity contribution is 0.191. The number of hydrogen-bond donors (Lipinski definition) is 3. The molecule has 0 aliphatic carbocycles. The van der Waals surface area contributed by atoms with Crippen LogP contribution in [0.1, 0.15) is 24.5 Å². The molecular formula is C15H26N5O2+. The fraction of sp³-hybridized carbons (Fsp3) is 0.600. The lowest BCUT2D eigenvalue weighted by Gasteiger charge is -2.37. The van der Waals surface area contributed by atoms with Gasteiger partial charge in [-0.1, -0.05) is 0 Å². The first kappa shape index (κ1) is 16.7. The second-order valence-corrected chi connectivity index (χ2v) is 5.94. The minimum Gasteiger partial charge on any atom is -0.578 e. The quantitative estimate of drug-likeness (QED) is 0.386. The molecule has 0 bridgehead atoms. The highest BCUT2D eigenvalue weighted by molar-refractivity contribution is 5.97. The van der Waals surface area contributed by atoms with Crippen LogP contribution < -0.4 is 16.4 Å². The molecule has 1 aromatic rings. The summed E-state index contributed by atoms with van der Waals surface area (Å²) in [5.41, 5.74) is 13.3. The minimum atomic E-state index is -0.430. The molecule has 0 saturated carbocycles. The fourth-order valence-electron chi connectivity index (χ4n) is 2.70. The Kier molecular flexibility index (Phi) is 5.33. The molecule has 7 N–H and O–H groups in total. The number of piperidine rings is 1. The Bertz CT molecular complexity index is 547. The predicted molar refractivity (Wildman–Crippen MR) is 88.2 cm³/mol. The minimum absolute atomic E-state index is 0.00310. The van der Waals surface area contributed by atoms with Gasteiger partial charge >= 0.3 is 5.90 Å². The number of aliphatic hydroxyl groups is 1. The summed E-state index contributed by atoms with van der Waals surface area (Å²) in [6.45, 7) is 5.11. The molecule has 1 aromatic heterocycles. The Hall–Kier alpha value is -1.70. The van der Waals surface area contributed by atoms with Crippen molar-refractivity contribution in [3.63, 3.8) is 0 Å². The van der Waals surface area contributed by atoms with E-state index in [0.717, 1.165) is 18.5 Å². The van der Waals surface area contributed by atoms with Gasteiger partial charge in [-0.15, -0.1) is 0 Å². The molecule has 1 saturated heterocycles. The molecule has 1 aliphatic heterocycles. The van der Waals surface area contributed by atoms with Crippen molar-refractivity contribution in [3.05, 3.63) is 23.4 Å². The fourth-order valence-corrected chi connectivity index (χ4v) is 2.70. The molecule has 3 unspecified atom stereocenters. The first-order valence-electron chi connectivity index (χ1n) is 7.55. The Morgan fingerprint density at radius 1 is 1.64 bits per heavy atom. The number of pyridine rings is 1. The Morgan fingerprint density at radius 2 is 2.36 bits per heavy atom. The van der Waals surface area contributed by atoms with Crippen LogP contribution in [0.3, 0.4) is 0 Å². The Morgan fingerprint density at radius 3 is 3.00 bits per heavy atom. The molecular weight excluding hydrogens is 282 g/mol. The lowest BCUT2D eigenvalue weighted by Crippen LogP contribution is -2.49. The summed E-state index contributed by atoms with van der Waals surface area (Å²) in [5, 5.41) is 17.6. The maximum atomic E-state index is 9.46. The van der Waals surface area contributed by atoms with Gasteiger partial charge in [0, 0.05) is 37.9 Å². The maximum absolute atomic E-state index is 9.46. The predicted octanol–water partition coefficient (Wildman–Crippen LogP) is -0.688. The zero-order valence-corrected chi connectivity index (χ0v) is 13.2. The third-order valence-electron chi connectivity index (χ3n) is 3.92. The monoisotopic (exact) mass is 308 g/mol. The van der Waals surface area contributed by atoms with Crippen LogP contribution in [-0.2, 0) is 0 Å². The largest absolute Gasteiger partial charge is 0.578 e. The zero-order valence-electron chi connectivity index (χ0n) is 13.2. The van der Waals surface area contributed by atoms with Crippen molar-refractivity contribution in [2.45, 2.75) is 32.5 Å². The molecule has 0 amide bonds. The normalized spacial score (nSPS) is 24.4. The third-order valence-corrected chi connectivity index (χ3v) is 3.92. The van der Waals surface area contributed by atoms with E-state index in [0.29, 0.717) is 17.9 Å². The van der Waals surface area contributed by atoms with Crippen molar-refractivity contribution in [2.75, 3.05) is 24.6 Å². The Balaban J connectivity index is 2.35. The summed E-state index contributed by atoms with van der Waals surface area (Å²) in [7, 11) is 0. The van der Waals surface area contributed by atoms with Crippen LogP contribution in [0.15, 0.2) is 17.3 Å². The number of aliphatic imine (C=N–C) groups is 1. The van der Waals surface area contributed by atoms with Crippen molar-refractivity contribution in [3.8, 4) is 0 Å². The van der Waals surface area contributed by atoms with E-state index in [4.69, 9.17) is 16.6 Å². The van der Waals surface area contributed by atoms with Gasteiger partial charge in [0.15, 0.2) is 0 Å². The van der Waals surface area contributed by atoms with Crippen molar-refractivity contribution in [2.24, 2.45) is 22.4 Å². The summed E-state index contributed by atoms with van der Waals surface area (Å²) in [4.78, 5) is 10.7. The van der Waals surface area contributed by atoms with Crippen LogP contribution >= 0.6 is 0 Å². The van der Waals surface area contributed by atoms with Gasteiger partial charge in [-0.25, -0.2) is 4.98 Å². The van der Waals surface area contributed by atoms with Gasteiger partial charge in [-0.05, 0) is 31.9 Å². The van der Waals surface area contributed by atoms with Gasteiger partial charge in [-0.2, -0.15) is 4.99 Å². The summed E-state index contributed by atoms with van der Waals surface area (Å²) in [5.74, 6) is 0.867. The number of rotatable bonds is 4. The lowest BCUT2D eigenvalue weighted by atomic mass is 9.93. The van der Waals surface area contributed by atoms with E-state index in [1.54, 1.807) is 13.1 Å². The molecule has 0 aromatic carbocycles. The topological polar surface area (TPSA) is 124 Å². The number of hydrogen-bond acceptors (Lipinski definition) is 6. The average Bonchev–Trinajstić information content (AvgIpc) is 2.47. The number of aryl methyl sites for hydroxylation is 1. The van der Waals surface area contributed by atoms with E-state index in [2.05, 4.69) is 14.9 Å². The van der Waals surface area contributed by atoms with E-state index >= 15 is 0 Å². The van der Waals surface area contributed by atoms with Gasteiger partial charge in [0.05, 0.1) is 0 Å². The van der Waals surface area contributed by atoms with E-state index < -0.39 is 6.17 Å². The first-order valence-corrected chi connectivity index (χ1v) is 7.55. The van der Waals surface area contributed by atoms with Crippen molar-refractivity contribution >= 4 is 11.7 Å². The molecule has 0 spiro atoms. The van der Waals surface area contributed by atoms with Crippen LogP contribution in [0.25, 0.3) is 0 Å². The highest BCUT2D eigenvalue weighted by Crippen LogP contribution is 2.25. The molecule has 122 valence electrons. The van der Waals surface area contributed by atoms with Crippen LogP contribution in [0.4, 0.5) is 5.82 Å². The molecule has 7 nitrogen and oxygen atoms in total. The van der Waals surface area contributed by atoms with Gasteiger partial charge in [0.1, 0.15) is 17.5 Å². The van der Waals surface area contributed by atoms with Crippen LogP contribution in [0, 0.1) is 12.8 Å². The molecule has 22 heavy (non-hydrogen) atoms. The molecule has 0 radical (unpaired) electrons. The maximum Gasteiger partial charge on any atom is 0.365 e. The summed E-state index contributed by atoms with van der Waals surface area (Å²) < 4.78 is 0. The van der Waals surface area contributed by atoms with Gasteiger partial charge in [0.2, 0.25) is 0 Å². The van der Waals surface area contributed by atoms with Crippen LogP contribution in [0.5, 0.6) is 0 Å². The Labute approximate surface area is 130 Å². The van der Waals surface area contributed by atoms with Gasteiger partial charge in [0.25, 0.3) is 0 Å². The first-order chi connectivity index (χ1) is 10.4. The number of anilines is 1. The second kappa shape index (κ2) is 7.04. The van der Waals surface area contributed by atoms with Crippen molar-refractivity contribution in [1.29, 1.82) is 0 Å². The SMILES string of the molecule is Cc1cnc(N2CCC(N)C(CO)C2)c(/C([OH2+])=N/C(C)N)c1. The average molecular weight is 308 g/mol. The molecule has 2 heterocycles. The molecule has 3 atom stereocenters. The second-order valence-electron chi connectivity index (χ2n) is 5.94. The molecule has 7 heteroatoms. The highest BCUT2D eigenvalue weighted by Gasteiger charge is 2.29. The van der Waals surface area contributed by atoms with E-state index in [1.807, 2.05) is 13.0 Å². The van der Waals surface area contributed by atoms with Crippen LogP contribution in [-0.4, -0.2) is 53.0 Å². The molecule has 1 aliphatic rings. The molecule has 1 fully saturated rings. The van der Waals surface area contributed by atoms with Crippen LogP contribution in [0.2, 0.25) is 0 Å². The van der Waals surface area contributed by atoms with Crippen molar-refractivity contribution < 1.29 is 10.2 Å².